The molecule has 8 rings (SSSR count). The standard InChI is InChI=1S/C22H36FN3O4.C19H33N3O2.C3H4ClFO2.ClH/c1-2-29-20(27)25-12-7-22(16-25)14-18(15-22)24-10-5-17(6-11-24)19-4-3-9-26(19)21(28)30-13-8-23;1-2-24-18(23)22-11-7-19(14-22)12-16(13-19)21-9-5-15(6-10-21)17-4-3-8-20-17;4-3(6)7-2-1-5;/h17-19H,2-16H2,1H3;15-17,20H,2-14H2,1H3;1-2H2;1H/t18?,19-,22?;16?,17-,19?;;/m00../s1. The van der Waals surface area contributed by atoms with Crippen molar-refractivity contribution in [3.63, 3.8) is 0 Å². The lowest BCUT2D eigenvalue weighted by atomic mass is 9.64. The summed E-state index contributed by atoms with van der Waals surface area (Å²) < 4.78 is 42.7. The molecule has 14 nitrogen and oxygen atoms in total. The lowest BCUT2D eigenvalue weighted by Gasteiger charge is -2.52. The molecule has 62 heavy (non-hydrogen) atoms. The summed E-state index contributed by atoms with van der Waals surface area (Å²) in [5.41, 5.74) is -0.254. The number of carbonyl (C=O) groups is 4. The van der Waals surface area contributed by atoms with E-state index in [2.05, 4.69) is 31.5 Å². The van der Waals surface area contributed by atoms with Gasteiger partial charge in [-0.1, -0.05) is 0 Å². The predicted octanol–water partition coefficient (Wildman–Crippen LogP) is 7.49. The summed E-state index contributed by atoms with van der Waals surface area (Å²) in [6.45, 7) is 13.1. The second kappa shape index (κ2) is 24.2. The molecule has 8 fully saturated rings. The van der Waals surface area contributed by atoms with E-state index in [1.54, 1.807) is 0 Å². The van der Waals surface area contributed by atoms with Gasteiger partial charge in [0, 0.05) is 68.5 Å². The molecular formula is C44H74Cl2F2N6O8. The van der Waals surface area contributed by atoms with Crippen LogP contribution in [0.2, 0.25) is 0 Å². The maximum atomic E-state index is 12.3. The van der Waals surface area contributed by atoms with Crippen LogP contribution >= 0.6 is 24.0 Å². The number of ether oxygens (including phenoxy) is 4. The molecule has 0 radical (unpaired) electrons. The number of halogens is 4. The van der Waals surface area contributed by atoms with Gasteiger partial charge in [-0.05, 0) is 159 Å². The molecule has 6 aliphatic heterocycles. The minimum Gasteiger partial charge on any atom is -0.451 e. The first kappa shape index (κ1) is 50.6. The Balaban J connectivity index is 0.000000204. The van der Waals surface area contributed by atoms with Gasteiger partial charge in [-0.25, -0.2) is 28.0 Å². The number of nitrogens with zero attached hydrogens (tertiary/aromatic N) is 5. The van der Waals surface area contributed by atoms with Crippen LogP contribution in [0, 0.1) is 22.7 Å². The van der Waals surface area contributed by atoms with Crippen LogP contribution in [-0.2, 0) is 18.9 Å². The van der Waals surface area contributed by atoms with Gasteiger partial charge < -0.3 is 48.8 Å². The van der Waals surface area contributed by atoms with E-state index in [-0.39, 0.29) is 49.9 Å². The van der Waals surface area contributed by atoms with Gasteiger partial charge in [0.2, 0.25) is 0 Å². The highest BCUT2D eigenvalue weighted by Crippen LogP contribution is 2.52. The monoisotopic (exact) mass is 922 g/mol. The zero-order valence-electron chi connectivity index (χ0n) is 37.2. The van der Waals surface area contributed by atoms with Crippen LogP contribution in [0.25, 0.3) is 0 Å². The number of amides is 3. The molecule has 0 unspecified atom stereocenters. The van der Waals surface area contributed by atoms with Crippen LogP contribution in [0.15, 0.2) is 0 Å². The van der Waals surface area contributed by atoms with Gasteiger partial charge in [0.1, 0.15) is 26.6 Å². The summed E-state index contributed by atoms with van der Waals surface area (Å²) in [7, 11) is 0. The van der Waals surface area contributed by atoms with Crippen molar-refractivity contribution in [3.8, 4) is 0 Å². The summed E-state index contributed by atoms with van der Waals surface area (Å²) in [6.07, 6.45) is 16.3. The highest BCUT2D eigenvalue weighted by molar-refractivity contribution is 6.61. The molecule has 8 aliphatic rings. The molecule has 2 atom stereocenters. The third-order valence-electron chi connectivity index (χ3n) is 15.1. The minimum absolute atomic E-state index is 0. The van der Waals surface area contributed by atoms with Crippen molar-refractivity contribution >= 4 is 47.7 Å². The summed E-state index contributed by atoms with van der Waals surface area (Å²) in [5, 5.41) is 3.70. The highest BCUT2D eigenvalue weighted by Gasteiger charge is 2.53. The minimum atomic E-state index is -0.961. The molecular weight excluding hydrogens is 849 g/mol. The molecule has 2 saturated carbocycles. The van der Waals surface area contributed by atoms with Crippen LogP contribution in [0.5, 0.6) is 0 Å². The number of likely N-dealkylation sites (tertiary alicyclic amines) is 5. The number of alkyl halides is 2. The van der Waals surface area contributed by atoms with E-state index >= 15 is 0 Å². The second-order valence-electron chi connectivity index (χ2n) is 18.8. The van der Waals surface area contributed by atoms with E-state index in [4.69, 9.17) is 14.2 Å². The first-order valence-electron chi connectivity index (χ1n) is 23.4. The fraction of sp³-hybridized carbons (Fsp3) is 0.909. The van der Waals surface area contributed by atoms with Crippen molar-refractivity contribution in [1.29, 1.82) is 0 Å². The van der Waals surface area contributed by atoms with Gasteiger partial charge in [-0.3, -0.25) is 0 Å². The van der Waals surface area contributed by atoms with E-state index in [1.165, 1.54) is 77.4 Å². The molecule has 3 amide bonds. The van der Waals surface area contributed by atoms with Gasteiger partial charge in [0.05, 0.1) is 13.2 Å². The Morgan fingerprint density at radius 2 is 1.13 bits per heavy atom. The highest BCUT2D eigenvalue weighted by atomic mass is 35.5. The smallest absolute Gasteiger partial charge is 0.410 e. The van der Waals surface area contributed by atoms with Crippen molar-refractivity contribution in [2.75, 3.05) is 105 Å². The van der Waals surface area contributed by atoms with E-state index in [9.17, 15) is 28.0 Å². The number of carbonyl (C=O) groups excluding carboxylic acids is 4. The summed E-state index contributed by atoms with van der Waals surface area (Å²) >= 11 is 4.63. The van der Waals surface area contributed by atoms with E-state index < -0.39 is 18.8 Å². The van der Waals surface area contributed by atoms with E-state index in [1.807, 2.05) is 28.5 Å². The number of piperidine rings is 2. The Morgan fingerprint density at radius 1 is 0.629 bits per heavy atom. The molecule has 6 saturated heterocycles. The van der Waals surface area contributed by atoms with Crippen molar-refractivity contribution in [1.82, 2.24) is 29.8 Å². The fourth-order valence-electron chi connectivity index (χ4n) is 12.0. The Kier molecular flexibility index (Phi) is 19.8. The van der Waals surface area contributed by atoms with Crippen LogP contribution in [0.4, 0.5) is 28.0 Å². The predicted molar refractivity (Wildman–Crippen MR) is 234 cm³/mol. The average Bonchev–Trinajstić information content (AvgIpc) is 4.09. The molecule has 0 bridgehead atoms. The van der Waals surface area contributed by atoms with Gasteiger partial charge in [0.15, 0.2) is 0 Å². The normalized spacial score (nSPS) is 31.3. The third kappa shape index (κ3) is 13.1. The Labute approximate surface area is 379 Å². The van der Waals surface area contributed by atoms with Gasteiger partial charge >= 0.3 is 23.7 Å². The fourth-order valence-corrected chi connectivity index (χ4v) is 12.1. The van der Waals surface area contributed by atoms with Crippen molar-refractivity contribution in [2.24, 2.45) is 22.7 Å². The quantitative estimate of drug-likeness (QED) is 0.173. The van der Waals surface area contributed by atoms with E-state index in [0.29, 0.717) is 36.0 Å². The Bertz CT molecular complexity index is 1430. The lowest BCUT2D eigenvalue weighted by molar-refractivity contribution is -0.0160. The Morgan fingerprint density at radius 3 is 1.56 bits per heavy atom. The van der Waals surface area contributed by atoms with Crippen LogP contribution in [0.1, 0.15) is 104 Å². The summed E-state index contributed by atoms with van der Waals surface area (Å²) in [4.78, 5) is 56.7. The van der Waals surface area contributed by atoms with Crippen molar-refractivity contribution < 1.29 is 46.9 Å². The first-order valence-corrected chi connectivity index (χ1v) is 23.8. The molecule has 2 spiro atoms. The topological polar surface area (TPSA) is 133 Å². The molecule has 1 N–H and O–H groups in total. The number of hydrogen-bond acceptors (Lipinski definition) is 11. The maximum Gasteiger partial charge on any atom is 0.410 e. The van der Waals surface area contributed by atoms with Crippen molar-refractivity contribution in [3.05, 3.63) is 0 Å². The van der Waals surface area contributed by atoms with Crippen LogP contribution in [-0.4, -0.2) is 178 Å². The summed E-state index contributed by atoms with van der Waals surface area (Å²) in [5.74, 6) is 1.42. The van der Waals surface area contributed by atoms with Gasteiger partial charge in [-0.2, -0.15) is 0 Å². The number of hydrogen-bond donors (Lipinski definition) is 1. The van der Waals surface area contributed by atoms with Crippen LogP contribution < -0.4 is 5.32 Å². The zero-order valence-corrected chi connectivity index (χ0v) is 38.8. The lowest BCUT2D eigenvalue weighted by Crippen LogP contribution is -2.55. The maximum absolute atomic E-state index is 12.3. The Hall–Kier alpha value is -2.40. The van der Waals surface area contributed by atoms with Crippen LogP contribution in [0.3, 0.4) is 0 Å². The average molecular weight is 924 g/mol. The molecule has 0 aromatic carbocycles. The van der Waals surface area contributed by atoms with Gasteiger partial charge in [0.25, 0.3) is 0 Å². The largest absolute Gasteiger partial charge is 0.451 e. The van der Waals surface area contributed by atoms with Gasteiger partial charge in [-0.15, -0.1) is 12.4 Å². The first-order chi connectivity index (χ1) is 29.5. The van der Waals surface area contributed by atoms with Crippen molar-refractivity contribution in [2.45, 2.75) is 128 Å². The number of nitrogens with one attached hydrogen (secondary N) is 1. The zero-order chi connectivity index (χ0) is 43.4. The molecule has 356 valence electrons. The van der Waals surface area contributed by atoms with E-state index in [0.717, 1.165) is 95.9 Å². The molecule has 6 heterocycles. The summed E-state index contributed by atoms with van der Waals surface area (Å²) in [6, 6.07) is 2.44. The molecule has 2 aliphatic carbocycles. The molecule has 0 aromatic heterocycles. The number of rotatable bonds is 10. The molecule has 18 heteroatoms. The molecule has 0 aromatic rings. The SMILES string of the molecule is CCOC(=O)N1CCC2(CC(N3CCC([C@@H]4CCCN4)CC3)C2)C1.CCOC(=O)N1CCC2(CC(N3CCC([C@@H]4CCCN4C(=O)OCCF)CC3)C2)C1.Cl.O=C(Cl)OCCF. The second-order valence-corrected chi connectivity index (χ2v) is 19.1. The third-order valence-corrected chi connectivity index (χ3v) is 15.2.